The van der Waals surface area contributed by atoms with Crippen molar-refractivity contribution in [3.05, 3.63) is 75.5 Å². The van der Waals surface area contributed by atoms with E-state index in [1.54, 1.807) is 6.07 Å². The van der Waals surface area contributed by atoms with Crippen molar-refractivity contribution in [1.82, 2.24) is 30.0 Å². The van der Waals surface area contributed by atoms with Gasteiger partial charge in [-0.15, -0.1) is 0 Å². The number of ether oxygens (including phenoxy) is 1. The largest absolute Gasteiger partial charge is 0.490 e. The normalized spacial score (nSPS) is 14.7. The molecule has 0 amide bonds. The fourth-order valence-electron chi connectivity index (χ4n) is 5.06. The maximum Gasteiger partial charge on any atom is 0.305 e. The zero-order chi connectivity index (χ0) is 35.5. The van der Waals surface area contributed by atoms with Crippen molar-refractivity contribution in [3.63, 3.8) is 0 Å². The first-order chi connectivity index (χ1) is 23.3. The SMILES string of the molecule is COc1c(Nc2cc(C)[nH]n2)nc(Sc2ccc(S(=O)(=O)C(F)c3cccc([N+](=O)[O-])c3F)cc2F)nc1N1CCN(CCN(C)C)CC1. The number of nitro groups is 1. The molecule has 3 heterocycles. The van der Waals surface area contributed by atoms with Gasteiger partial charge in [0, 0.05) is 62.7 Å². The second kappa shape index (κ2) is 15.0. The van der Waals surface area contributed by atoms with Gasteiger partial charge >= 0.3 is 5.69 Å². The monoisotopic (exact) mass is 721 g/mol. The van der Waals surface area contributed by atoms with E-state index in [1.807, 2.05) is 25.9 Å². The number of rotatable bonds is 13. The first-order valence-corrected chi connectivity index (χ1v) is 17.3. The molecule has 19 heteroatoms. The summed E-state index contributed by atoms with van der Waals surface area (Å²) < 4.78 is 77.2. The number of benzene rings is 2. The highest BCUT2D eigenvalue weighted by atomic mass is 32.2. The summed E-state index contributed by atoms with van der Waals surface area (Å²) in [6, 6.07) is 6.96. The summed E-state index contributed by atoms with van der Waals surface area (Å²) in [5.74, 6) is -1.15. The lowest BCUT2D eigenvalue weighted by atomic mass is 10.2. The highest BCUT2D eigenvalue weighted by Crippen LogP contribution is 2.40. The number of aromatic amines is 1. The Morgan fingerprint density at radius 3 is 2.49 bits per heavy atom. The molecular formula is C30H34F3N9O5S2. The summed E-state index contributed by atoms with van der Waals surface area (Å²) >= 11 is 0.798. The van der Waals surface area contributed by atoms with Crippen LogP contribution in [0.15, 0.2) is 57.4 Å². The van der Waals surface area contributed by atoms with E-state index < -0.39 is 48.0 Å². The summed E-state index contributed by atoms with van der Waals surface area (Å²) in [6.45, 7) is 6.44. The Balaban J connectivity index is 1.44. The first-order valence-electron chi connectivity index (χ1n) is 14.9. The van der Waals surface area contributed by atoms with E-state index in [1.165, 1.54) is 7.11 Å². The lowest BCUT2D eigenvalue weighted by Crippen LogP contribution is -2.48. The van der Waals surface area contributed by atoms with E-state index in [0.29, 0.717) is 36.5 Å². The topological polar surface area (TPSA) is 163 Å². The van der Waals surface area contributed by atoms with Crippen LogP contribution in [-0.2, 0) is 9.84 Å². The van der Waals surface area contributed by atoms with E-state index >= 15 is 8.78 Å². The second-order valence-electron chi connectivity index (χ2n) is 11.4. The van der Waals surface area contributed by atoms with Gasteiger partial charge in [-0.25, -0.2) is 27.2 Å². The fraction of sp³-hybridized carbons (Fsp3) is 0.367. The quantitative estimate of drug-likeness (QED) is 0.111. The van der Waals surface area contributed by atoms with Gasteiger partial charge in [0.15, 0.2) is 22.6 Å². The number of methoxy groups -OCH3 is 1. The van der Waals surface area contributed by atoms with Gasteiger partial charge in [0.2, 0.25) is 26.9 Å². The minimum absolute atomic E-state index is 0.0814. The van der Waals surface area contributed by atoms with Gasteiger partial charge in [-0.05, 0) is 51.0 Å². The number of aromatic nitrogens is 4. The molecule has 0 aliphatic carbocycles. The van der Waals surface area contributed by atoms with Crippen LogP contribution in [0.25, 0.3) is 0 Å². The summed E-state index contributed by atoms with van der Waals surface area (Å²) in [5.41, 5.74) is -4.38. The van der Waals surface area contributed by atoms with Crippen molar-refractivity contribution in [3.8, 4) is 5.75 Å². The Labute approximate surface area is 284 Å². The third-order valence-electron chi connectivity index (χ3n) is 7.67. The Kier molecular flexibility index (Phi) is 11.0. The molecule has 2 aromatic carbocycles. The maximum absolute atomic E-state index is 15.5. The molecule has 1 aliphatic rings. The molecule has 14 nitrogen and oxygen atoms in total. The van der Waals surface area contributed by atoms with Gasteiger partial charge < -0.3 is 19.9 Å². The molecule has 1 aliphatic heterocycles. The van der Waals surface area contributed by atoms with E-state index in [4.69, 9.17) is 9.72 Å². The maximum atomic E-state index is 15.5. The minimum atomic E-state index is -5.01. The van der Waals surface area contributed by atoms with Crippen LogP contribution in [0.4, 0.5) is 36.3 Å². The van der Waals surface area contributed by atoms with Crippen molar-refractivity contribution in [2.45, 2.75) is 27.4 Å². The van der Waals surface area contributed by atoms with Gasteiger partial charge in [0.05, 0.1) is 21.8 Å². The lowest BCUT2D eigenvalue weighted by molar-refractivity contribution is -0.387. The summed E-state index contributed by atoms with van der Waals surface area (Å²) in [7, 11) is 0.512. The highest BCUT2D eigenvalue weighted by molar-refractivity contribution is 7.99. The number of aryl methyl sites for hydroxylation is 1. The molecule has 2 N–H and O–H groups in total. The molecule has 2 aromatic heterocycles. The van der Waals surface area contributed by atoms with Gasteiger partial charge in [-0.1, -0.05) is 12.1 Å². The number of sulfone groups is 1. The molecule has 5 rings (SSSR count). The van der Waals surface area contributed by atoms with Gasteiger partial charge in [-0.3, -0.25) is 20.1 Å². The first kappa shape index (κ1) is 35.8. The third kappa shape index (κ3) is 8.06. The molecule has 0 spiro atoms. The summed E-state index contributed by atoms with van der Waals surface area (Å²) in [5, 5.41) is 21.3. The zero-order valence-corrected chi connectivity index (χ0v) is 28.6. The van der Waals surface area contributed by atoms with Gasteiger partial charge in [0.1, 0.15) is 5.82 Å². The zero-order valence-electron chi connectivity index (χ0n) is 27.0. The minimum Gasteiger partial charge on any atom is -0.490 e. The molecular weight excluding hydrogens is 688 g/mol. The number of hydrogen-bond acceptors (Lipinski definition) is 13. The molecule has 0 bridgehead atoms. The molecule has 0 radical (unpaired) electrons. The van der Waals surface area contributed by atoms with E-state index in [9.17, 15) is 22.9 Å². The van der Waals surface area contributed by atoms with E-state index in [2.05, 4.69) is 30.3 Å². The van der Waals surface area contributed by atoms with Crippen LogP contribution in [0, 0.1) is 28.7 Å². The Hall–Kier alpha value is -4.46. The Bertz CT molecular complexity index is 1940. The molecule has 1 atom stereocenters. The molecule has 1 saturated heterocycles. The van der Waals surface area contributed by atoms with Crippen LogP contribution in [0.2, 0.25) is 0 Å². The number of nitrogens with one attached hydrogen (secondary N) is 2. The van der Waals surface area contributed by atoms with Crippen molar-refractivity contribution in [2.75, 3.05) is 70.7 Å². The predicted octanol–water partition coefficient (Wildman–Crippen LogP) is 4.72. The van der Waals surface area contributed by atoms with Crippen LogP contribution < -0.4 is 15.0 Å². The lowest BCUT2D eigenvalue weighted by Gasteiger charge is -2.36. The Morgan fingerprint density at radius 2 is 1.88 bits per heavy atom. The number of nitro benzene ring substituents is 1. The van der Waals surface area contributed by atoms with Crippen LogP contribution in [0.5, 0.6) is 5.75 Å². The number of likely N-dealkylation sites (N-methyl/N-ethyl adjacent to an activating group) is 1. The van der Waals surface area contributed by atoms with Gasteiger partial charge in [0.25, 0.3) is 0 Å². The van der Waals surface area contributed by atoms with Crippen LogP contribution >= 0.6 is 11.8 Å². The average Bonchev–Trinajstić information content (AvgIpc) is 3.48. The summed E-state index contributed by atoms with van der Waals surface area (Å²) in [6.07, 6.45) is 0. The molecule has 49 heavy (non-hydrogen) atoms. The van der Waals surface area contributed by atoms with Crippen molar-refractivity contribution in [1.29, 1.82) is 0 Å². The van der Waals surface area contributed by atoms with E-state index in [0.717, 1.165) is 74.0 Å². The number of anilines is 3. The fourth-order valence-corrected chi connectivity index (χ4v) is 7.10. The number of piperazine rings is 1. The molecule has 4 aromatic rings. The number of H-pyrrole nitrogens is 1. The average molecular weight is 722 g/mol. The molecule has 1 fully saturated rings. The van der Waals surface area contributed by atoms with Crippen LogP contribution in [0.3, 0.4) is 0 Å². The number of halogens is 3. The van der Waals surface area contributed by atoms with Gasteiger partial charge in [-0.2, -0.15) is 9.49 Å². The van der Waals surface area contributed by atoms with Crippen molar-refractivity contribution in [2.24, 2.45) is 0 Å². The third-order valence-corrected chi connectivity index (χ3v) is 10.3. The van der Waals surface area contributed by atoms with E-state index in [-0.39, 0.29) is 15.9 Å². The second-order valence-corrected chi connectivity index (χ2v) is 14.4. The summed E-state index contributed by atoms with van der Waals surface area (Å²) in [4.78, 5) is 24.9. The molecule has 262 valence electrons. The number of nitrogens with zero attached hydrogens (tertiary/aromatic N) is 7. The Morgan fingerprint density at radius 1 is 1.14 bits per heavy atom. The highest BCUT2D eigenvalue weighted by Gasteiger charge is 2.35. The van der Waals surface area contributed by atoms with Crippen molar-refractivity contribution < 1.29 is 31.2 Å². The van der Waals surface area contributed by atoms with Crippen LogP contribution in [0.1, 0.15) is 16.8 Å². The standard InChI is InChI=1S/C30H34F3N9O5S2/c1-18-16-24(38-37-18)34-28-26(47-4)29(41-14-12-40(13-15-41)11-10-39(2)3)36-30(35-28)48-23-9-8-19(17-21(23)31)49(45,46)27(33)20-6-5-7-22(25(20)32)42(43)44/h5-9,16-17,27H,10-15H2,1-4H3,(H2,34,35,36,37,38). The molecule has 0 saturated carbocycles. The van der Waals surface area contributed by atoms with Crippen LogP contribution in [-0.4, -0.2) is 104 Å². The number of hydrogen-bond donors (Lipinski definition) is 2. The van der Waals surface area contributed by atoms with Crippen molar-refractivity contribution >= 4 is 44.7 Å². The smallest absolute Gasteiger partial charge is 0.305 e. The molecule has 1 unspecified atom stereocenters. The predicted molar refractivity (Wildman–Crippen MR) is 177 cm³/mol. The number of alkyl halides is 1.